The Bertz CT molecular complexity index is 2890. The zero-order valence-electron chi connectivity index (χ0n) is 44.1. The van der Waals surface area contributed by atoms with Crippen LogP contribution >= 0.6 is 22.9 Å². The number of fused-ring (bicyclic) bond motifs is 2. The fraction of sp³-hybridized carbons (Fsp3) is 0.491. The Balaban J connectivity index is 1.06. The molecule has 2 fully saturated rings. The highest BCUT2D eigenvalue weighted by Crippen LogP contribution is 2.48. The number of aliphatic carboxylic acids is 1. The first-order valence-corrected chi connectivity index (χ1v) is 27.2. The zero-order valence-corrected chi connectivity index (χ0v) is 45.6. The number of benzene rings is 2. The van der Waals surface area contributed by atoms with Gasteiger partial charge in [0.1, 0.15) is 59.3 Å². The smallest absolute Gasteiger partial charge is 0.345 e. The second kappa shape index (κ2) is 27.7. The number of aromatic nitrogens is 4. The molecule has 20 heteroatoms. The maximum Gasteiger partial charge on any atom is 0.345 e. The number of ether oxygens (including phenoxy) is 8. The number of carboxylic acid groups (broad SMARTS) is 1. The van der Waals surface area contributed by atoms with Gasteiger partial charge in [0.25, 0.3) is 0 Å². The van der Waals surface area contributed by atoms with Gasteiger partial charge >= 0.3 is 5.97 Å². The fourth-order valence-corrected chi connectivity index (χ4v) is 11.0. The number of carboxylic acids is 1. The van der Waals surface area contributed by atoms with Crippen molar-refractivity contribution in [3.63, 3.8) is 0 Å². The van der Waals surface area contributed by atoms with Crippen molar-refractivity contribution in [1.82, 2.24) is 29.7 Å². The van der Waals surface area contributed by atoms with Gasteiger partial charge in [0, 0.05) is 74.4 Å². The molecule has 3 aromatic heterocycles. The highest BCUT2D eigenvalue weighted by molar-refractivity contribution is 7.22. The molecular weight excluding hydrogens is 1030 g/mol. The van der Waals surface area contributed by atoms with Gasteiger partial charge in [-0.2, -0.15) is 0 Å². The Hall–Kier alpha value is -5.82. The Morgan fingerprint density at radius 3 is 2.40 bits per heavy atom. The summed E-state index contributed by atoms with van der Waals surface area (Å²) in [6.45, 7) is 10.3. The summed E-state index contributed by atoms with van der Waals surface area (Å²) in [6.07, 6.45) is 9.11. The highest BCUT2D eigenvalue weighted by Gasteiger charge is 2.37. The molecule has 3 aliphatic rings. The molecule has 1 aliphatic carbocycles. The number of halogens is 3. The van der Waals surface area contributed by atoms with E-state index in [0.29, 0.717) is 127 Å². The van der Waals surface area contributed by atoms with Crippen LogP contribution in [0.4, 0.5) is 8.78 Å². The summed E-state index contributed by atoms with van der Waals surface area (Å²) in [7, 11) is 3.71. The van der Waals surface area contributed by atoms with E-state index < -0.39 is 29.7 Å². The van der Waals surface area contributed by atoms with Crippen molar-refractivity contribution in [2.75, 3.05) is 99.7 Å². The van der Waals surface area contributed by atoms with Gasteiger partial charge in [-0.05, 0) is 105 Å². The van der Waals surface area contributed by atoms with Crippen LogP contribution in [-0.2, 0) is 41.5 Å². The van der Waals surface area contributed by atoms with Crippen LogP contribution in [0.15, 0.2) is 77.4 Å². The molecule has 0 unspecified atom stereocenters. The van der Waals surface area contributed by atoms with Crippen molar-refractivity contribution < 1.29 is 56.6 Å². The molecule has 5 heterocycles. The number of piperazine rings is 1. The van der Waals surface area contributed by atoms with Crippen molar-refractivity contribution in [2.45, 2.75) is 82.8 Å². The van der Waals surface area contributed by atoms with Crippen LogP contribution < -0.4 is 14.2 Å². The first kappa shape index (κ1) is 57.4. The Morgan fingerprint density at radius 2 is 1.70 bits per heavy atom. The van der Waals surface area contributed by atoms with Gasteiger partial charge in [-0.25, -0.2) is 33.5 Å². The third-order valence-electron chi connectivity index (χ3n) is 14.0. The summed E-state index contributed by atoms with van der Waals surface area (Å²) in [5, 5.41) is 11.6. The summed E-state index contributed by atoms with van der Waals surface area (Å²) < 4.78 is 78.0. The van der Waals surface area contributed by atoms with Crippen molar-refractivity contribution in [3.05, 3.63) is 106 Å². The summed E-state index contributed by atoms with van der Waals surface area (Å²) in [4.78, 5) is 37.8. The first-order valence-electron chi connectivity index (χ1n) is 26.0. The minimum atomic E-state index is -1.49. The number of hydrogen-bond donors (Lipinski definition) is 1. The lowest BCUT2D eigenvalue weighted by Crippen LogP contribution is -2.48. The van der Waals surface area contributed by atoms with Gasteiger partial charge in [0.15, 0.2) is 5.76 Å². The van der Waals surface area contributed by atoms with Gasteiger partial charge < -0.3 is 47.9 Å². The van der Waals surface area contributed by atoms with E-state index in [2.05, 4.69) is 37.7 Å². The lowest BCUT2D eigenvalue weighted by molar-refractivity contribution is -0.145. The molecule has 1 N–H and O–H groups in total. The number of nitrogens with zero attached hydrogens (tertiary/aromatic N) is 6. The zero-order chi connectivity index (χ0) is 54.3. The molecule has 412 valence electrons. The van der Waals surface area contributed by atoms with E-state index in [-0.39, 0.29) is 55.4 Å². The first-order chi connectivity index (χ1) is 37.3. The summed E-state index contributed by atoms with van der Waals surface area (Å²) in [6, 6.07) is 13.1. The maximum absolute atomic E-state index is 15.9. The normalized spacial score (nSPS) is 22.9. The van der Waals surface area contributed by atoms with Crippen LogP contribution in [0.3, 0.4) is 0 Å². The predicted octanol–water partition coefficient (Wildman–Crippen LogP) is 9.30. The number of allylic oxidation sites excluding steroid dienone is 4. The van der Waals surface area contributed by atoms with Crippen molar-refractivity contribution in [1.29, 1.82) is 0 Å². The molecular formula is C57H67ClF2N6O10S. The standard InChI is InChI=1S/C57H67ClF2N6O10S/c1-6-45-37(3)51(58)46(7-2)75-44(32-66-22-20-65(4)21-23-66)34-73-43-12-13-47(40(30-43)31-48(56(67)68)76-54-50-49(45)52(77-55(50)63-36-62-54)38-8-10-41(59)11-9-38)74-33-42-16-19-61-53(64-42)39-14-17-57(60,18-15-39)35-72-29-28-71-27-26-70-25-24-69-5/h2,8-13,16,19,30,36,39,44,48H,6,14-15,17-18,20-29,31-35H2,1,3-5H3,(H,67,68)/b45-37+,51-46-/t39-,44-,48-,57+/m1/s1. The van der Waals surface area contributed by atoms with E-state index in [1.807, 2.05) is 13.8 Å². The van der Waals surface area contributed by atoms with Gasteiger partial charge in [0.2, 0.25) is 12.0 Å². The minimum absolute atomic E-state index is 0.0142. The highest BCUT2D eigenvalue weighted by atomic mass is 35.5. The molecule has 0 radical (unpaired) electrons. The van der Waals surface area contributed by atoms with Crippen LogP contribution in [0.5, 0.6) is 17.4 Å². The molecule has 77 heavy (non-hydrogen) atoms. The average Bonchev–Trinajstić information content (AvgIpc) is 3.84. The van der Waals surface area contributed by atoms with E-state index in [1.54, 1.807) is 49.7 Å². The number of methoxy groups -OCH3 is 1. The molecule has 2 aromatic carbocycles. The number of thiophene rings is 1. The molecule has 0 spiro atoms. The number of terminal acetylenes is 1. The summed E-state index contributed by atoms with van der Waals surface area (Å²) in [5.74, 6) is 2.53. The van der Waals surface area contributed by atoms with Crippen LogP contribution in [0.2, 0.25) is 0 Å². The van der Waals surface area contributed by atoms with E-state index >= 15 is 4.39 Å². The largest absolute Gasteiger partial charge is 0.490 e. The maximum atomic E-state index is 15.9. The van der Waals surface area contributed by atoms with Crippen LogP contribution in [0.1, 0.15) is 74.5 Å². The van der Waals surface area contributed by atoms with Crippen molar-refractivity contribution in [3.8, 4) is 40.2 Å². The Labute approximate surface area is 457 Å². The summed E-state index contributed by atoms with van der Waals surface area (Å²) in [5.41, 5.74) is 2.29. The second-order valence-electron chi connectivity index (χ2n) is 19.4. The third-order valence-corrected chi connectivity index (χ3v) is 15.6. The van der Waals surface area contributed by atoms with E-state index in [1.165, 1.54) is 29.8 Å². The van der Waals surface area contributed by atoms with Crippen LogP contribution in [-0.4, -0.2) is 158 Å². The number of alkyl halides is 1. The number of hydrogen-bond acceptors (Lipinski definition) is 16. The van der Waals surface area contributed by atoms with Gasteiger partial charge in [-0.1, -0.05) is 30.7 Å². The monoisotopic (exact) mass is 1100 g/mol. The Kier molecular flexibility index (Phi) is 20.6. The van der Waals surface area contributed by atoms with E-state index in [9.17, 15) is 14.3 Å². The molecule has 2 aliphatic heterocycles. The van der Waals surface area contributed by atoms with E-state index in [0.717, 1.165) is 36.6 Å². The Morgan fingerprint density at radius 1 is 0.974 bits per heavy atom. The summed E-state index contributed by atoms with van der Waals surface area (Å²) >= 11 is 8.64. The number of rotatable bonds is 20. The SMILES string of the molecule is C#C/C1=C(Cl)\C(C)=C(/CC)c2c(-c3ccc(F)cc3)sc3ncnc(c23)O[C@@H](C(=O)O)Cc2cc(ccc2OCc2ccnc([C@H]3CC[C@](F)(COCCOCCOCCOC)CC3)n2)OC[C@@H](CN2CCN(C)CC2)O1. The van der Waals surface area contributed by atoms with Crippen LogP contribution in [0, 0.1) is 18.2 Å². The van der Waals surface area contributed by atoms with Gasteiger partial charge in [-0.15, -0.1) is 17.8 Å². The van der Waals surface area contributed by atoms with Crippen molar-refractivity contribution >= 4 is 44.7 Å². The lowest BCUT2D eigenvalue weighted by atomic mass is 9.80. The molecule has 16 nitrogen and oxygen atoms in total. The van der Waals surface area contributed by atoms with Crippen molar-refractivity contribution in [2.24, 2.45) is 0 Å². The molecule has 5 aromatic rings. The number of likely N-dealkylation sites (N-methyl/N-ethyl adjacent to an activating group) is 1. The molecule has 1 saturated carbocycles. The quantitative estimate of drug-likeness (QED) is 0.0578. The topological polar surface area (TPSA) is 169 Å². The van der Waals surface area contributed by atoms with Crippen LogP contribution in [0.25, 0.3) is 26.2 Å². The second-order valence-corrected chi connectivity index (χ2v) is 20.8. The number of carbonyl (C=O) groups is 1. The predicted molar refractivity (Wildman–Crippen MR) is 290 cm³/mol. The third kappa shape index (κ3) is 15.3. The molecule has 1 saturated heterocycles. The minimum Gasteiger partial charge on any atom is -0.490 e. The lowest BCUT2D eigenvalue weighted by Gasteiger charge is -2.34. The van der Waals surface area contributed by atoms with Gasteiger partial charge in [-0.3, -0.25) is 4.90 Å². The van der Waals surface area contributed by atoms with Gasteiger partial charge in [0.05, 0.1) is 62.4 Å². The van der Waals surface area contributed by atoms with E-state index in [4.69, 9.17) is 60.9 Å². The fourth-order valence-electron chi connectivity index (χ4n) is 9.64. The molecule has 2 bridgehead atoms. The molecule has 2 atom stereocenters. The molecule has 8 rings (SSSR count). The molecule has 0 amide bonds. The average molecular weight is 1100 g/mol.